The van der Waals surface area contributed by atoms with Gasteiger partial charge in [-0.25, -0.2) is 13.1 Å². The van der Waals surface area contributed by atoms with E-state index in [0.717, 1.165) is 5.56 Å². The predicted octanol–water partition coefficient (Wildman–Crippen LogP) is 2.48. The Balaban J connectivity index is 2.72. The van der Waals surface area contributed by atoms with Crippen LogP contribution in [-0.2, 0) is 16.4 Å². The summed E-state index contributed by atoms with van der Waals surface area (Å²) in [5.41, 5.74) is 0.779. The minimum Gasteiger partial charge on any atom is -0.495 e. The summed E-state index contributed by atoms with van der Waals surface area (Å²) in [5.74, 6) is 0.559. The summed E-state index contributed by atoms with van der Waals surface area (Å²) in [6, 6.07) is 3.30. The smallest absolute Gasteiger partial charge is 0.211 e. The van der Waals surface area contributed by atoms with E-state index in [4.69, 9.17) is 27.9 Å². The second kappa shape index (κ2) is 6.61. The number of nitrogens with one attached hydrogen (secondary N) is 1. The van der Waals surface area contributed by atoms with Crippen LogP contribution in [0.3, 0.4) is 0 Å². The van der Waals surface area contributed by atoms with Crippen LogP contribution < -0.4 is 9.46 Å². The first-order valence-electron chi connectivity index (χ1n) is 5.39. The molecular formula is C11H15Cl2NO3S. The van der Waals surface area contributed by atoms with E-state index in [2.05, 4.69) is 4.72 Å². The SMILES string of the molecule is CCS(=O)(=O)NCCc1cc(Cl)c(OC)cc1Cl. The number of ether oxygens (including phenoxy) is 1. The number of methoxy groups -OCH3 is 1. The monoisotopic (exact) mass is 311 g/mol. The molecule has 1 aromatic carbocycles. The molecule has 0 aliphatic carbocycles. The molecule has 102 valence electrons. The molecule has 18 heavy (non-hydrogen) atoms. The van der Waals surface area contributed by atoms with Gasteiger partial charge >= 0.3 is 0 Å². The van der Waals surface area contributed by atoms with Crippen LogP contribution >= 0.6 is 23.2 Å². The highest BCUT2D eigenvalue weighted by molar-refractivity contribution is 7.89. The molecule has 0 spiro atoms. The van der Waals surface area contributed by atoms with Crippen molar-refractivity contribution in [2.24, 2.45) is 0 Å². The molecule has 0 saturated heterocycles. The van der Waals surface area contributed by atoms with E-state index in [1.165, 1.54) is 7.11 Å². The zero-order chi connectivity index (χ0) is 13.8. The van der Waals surface area contributed by atoms with Crippen molar-refractivity contribution in [3.63, 3.8) is 0 Å². The average Bonchev–Trinajstić information content (AvgIpc) is 2.33. The Hall–Kier alpha value is -0.490. The van der Waals surface area contributed by atoms with E-state index >= 15 is 0 Å². The molecule has 0 fully saturated rings. The van der Waals surface area contributed by atoms with Crippen LogP contribution in [-0.4, -0.2) is 27.8 Å². The molecule has 7 heteroatoms. The molecule has 0 amide bonds. The maximum absolute atomic E-state index is 11.3. The van der Waals surface area contributed by atoms with Crippen LogP contribution in [0.1, 0.15) is 12.5 Å². The number of hydrogen-bond donors (Lipinski definition) is 1. The van der Waals surface area contributed by atoms with Gasteiger partial charge in [-0.2, -0.15) is 0 Å². The van der Waals surface area contributed by atoms with Crippen molar-refractivity contribution in [3.8, 4) is 5.75 Å². The van der Waals surface area contributed by atoms with Crippen molar-refractivity contribution < 1.29 is 13.2 Å². The Bertz CT molecular complexity index is 517. The van der Waals surface area contributed by atoms with Gasteiger partial charge in [0.05, 0.1) is 17.9 Å². The molecule has 0 atom stereocenters. The fourth-order valence-electron chi connectivity index (χ4n) is 1.36. The summed E-state index contributed by atoms with van der Waals surface area (Å²) >= 11 is 12.0. The van der Waals surface area contributed by atoms with Gasteiger partial charge in [0.25, 0.3) is 0 Å². The standard InChI is InChI=1S/C11H15Cl2NO3S/c1-3-18(15,16)14-5-4-8-6-10(13)11(17-2)7-9(8)12/h6-7,14H,3-5H2,1-2H3. The highest BCUT2D eigenvalue weighted by atomic mass is 35.5. The van der Waals surface area contributed by atoms with Crippen molar-refractivity contribution >= 4 is 33.2 Å². The topological polar surface area (TPSA) is 55.4 Å². The van der Waals surface area contributed by atoms with E-state index in [9.17, 15) is 8.42 Å². The Labute approximate surface area is 117 Å². The molecule has 0 aliphatic heterocycles. The fraction of sp³-hybridized carbons (Fsp3) is 0.455. The zero-order valence-corrected chi connectivity index (χ0v) is 12.5. The lowest BCUT2D eigenvalue weighted by atomic mass is 10.1. The van der Waals surface area contributed by atoms with Crippen LogP contribution in [0.5, 0.6) is 5.75 Å². The Morgan fingerprint density at radius 2 is 1.94 bits per heavy atom. The van der Waals surface area contributed by atoms with Crippen LogP contribution in [0, 0.1) is 0 Å². The zero-order valence-electron chi connectivity index (χ0n) is 10.2. The van der Waals surface area contributed by atoms with Crippen LogP contribution in [0.2, 0.25) is 10.0 Å². The van der Waals surface area contributed by atoms with Crippen molar-refractivity contribution in [2.45, 2.75) is 13.3 Å². The summed E-state index contributed by atoms with van der Waals surface area (Å²) in [5, 5.41) is 0.960. The number of halogens is 2. The molecule has 4 nitrogen and oxygen atoms in total. The fourth-order valence-corrected chi connectivity index (χ4v) is 2.49. The lowest BCUT2D eigenvalue weighted by Gasteiger charge is -2.09. The molecule has 0 unspecified atom stereocenters. The maximum Gasteiger partial charge on any atom is 0.211 e. The first-order chi connectivity index (χ1) is 8.39. The van der Waals surface area contributed by atoms with E-state index in [-0.39, 0.29) is 5.75 Å². The number of sulfonamides is 1. The third kappa shape index (κ3) is 4.31. The lowest BCUT2D eigenvalue weighted by Crippen LogP contribution is -2.27. The molecule has 0 radical (unpaired) electrons. The van der Waals surface area contributed by atoms with Crippen LogP contribution in [0.25, 0.3) is 0 Å². The molecule has 1 aromatic rings. The minimum absolute atomic E-state index is 0.0596. The summed E-state index contributed by atoms with van der Waals surface area (Å²) in [7, 11) is -1.67. The van der Waals surface area contributed by atoms with E-state index in [1.54, 1.807) is 19.1 Å². The van der Waals surface area contributed by atoms with E-state index < -0.39 is 10.0 Å². The van der Waals surface area contributed by atoms with Crippen molar-refractivity contribution in [2.75, 3.05) is 19.4 Å². The molecule has 0 bridgehead atoms. The summed E-state index contributed by atoms with van der Waals surface area (Å²) in [4.78, 5) is 0. The summed E-state index contributed by atoms with van der Waals surface area (Å²) in [6.45, 7) is 1.87. The lowest BCUT2D eigenvalue weighted by molar-refractivity contribution is 0.415. The molecular weight excluding hydrogens is 297 g/mol. The van der Waals surface area contributed by atoms with Crippen molar-refractivity contribution in [1.82, 2.24) is 4.72 Å². The second-order valence-corrected chi connectivity index (χ2v) is 6.54. The van der Waals surface area contributed by atoms with Crippen LogP contribution in [0.4, 0.5) is 0 Å². The third-order valence-corrected chi connectivity index (χ3v) is 4.47. The normalized spacial score (nSPS) is 11.6. The van der Waals surface area contributed by atoms with Gasteiger partial charge in [0.1, 0.15) is 5.75 Å². The Morgan fingerprint density at radius 1 is 1.28 bits per heavy atom. The van der Waals surface area contributed by atoms with Gasteiger partial charge in [0.2, 0.25) is 10.0 Å². The summed E-state index contributed by atoms with van der Waals surface area (Å²) < 4.78 is 30.0. The molecule has 1 rings (SSSR count). The first kappa shape index (κ1) is 15.6. The van der Waals surface area contributed by atoms with Gasteiger partial charge < -0.3 is 4.74 Å². The molecule has 0 aliphatic rings. The second-order valence-electron chi connectivity index (χ2n) is 3.63. The van der Waals surface area contributed by atoms with Gasteiger partial charge in [0, 0.05) is 17.6 Å². The molecule has 0 heterocycles. The van der Waals surface area contributed by atoms with Gasteiger partial charge in [-0.15, -0.1) is 0 Å². The largest absolute Gasteiger partial charge is 0.495 e. The van der Waals surface area contributed by atoms with Gasteiger partial charge in [-0.1, -0.05) is 23.2 Å². The van der Waals surface area contributed by atoms with Crippen molar-refractivity contribution in [3.05, 3.63) is 27.7 Å². The molecule has 1 N–H and O–H groups in total. The predicted molar refractivity (Wildman–Crippen MR) is 74.2 cm³/mol. The Kier molecular flexibility index (Phi) is 5.72. The average molecular weight is 312 g/mol. The van der Waals surface area contributed by atoms with Gasteiger partial charge in [-0.3, -0.25) is 0 Å². The maximum atomic E-state index is 11.3. The van der Waals surface area contributed by atoms with Crippen LogP contribution in [0.15, 0.2) is 12.1 Å². The summed E-state index contributed by atoms with van der Waals surface area (Å²) in [6.07, 6.45) is 0.474. The third-order valence-electron chi connectivity index (χ3n) is 2.42. The first-order valence-corrected chi connectivity index (χ1v) is 7.79. The van der Waals surface area contributed by atoms with E-state index in [1.807, 2.05) is 0 Å². The highest BCUT2D eigenvalue weighted by Gasteiger charge is 2.09. The molecule has 0 saturated carbocycles. The highest BCUT2D eigenvalue weighted by Crippen LogP contribution is 2.30. The van der Waals surface area contributed by atoms with Gasteiger partial charge in [-0.05, 0) is 25.0 Å². The van der Waals surface area contributed by atoms with Crippen molar-refractivity contribution in [1.29, 1.82) is 0 Å². The number of rotatable bonds is 6. The number of hydrogen-bond acceptors (Lipinski definition) is 3. The quantitative estimate of drug-likeness (QED) is 0.878. The van der Waals surface area contributed by atoms with Gasteiger partial charge in [0.15, 0.2) is 0 Å². The minimum atomic E-state index is -3.18. The Morgan fingerprint density at radius 3 is 2.50 bits per heavy atom. The van der Waals surface area contributed by atoms with E-state index in [0.29, 0.717) is 28.8 Å². The number of benzene rings is 1. The molecule has 0 aromatic heterocycles.